The number of rotatable bonds is 2. The zero-order valence-corrected chi connectivity index (χ0v) is 6.80. The first-order valence-electron chi connectivity index (χ1n) is 4.23. The number of nitrogens with zero attached hydrogens (tertiary/aromatic N) is 1. The van der Waals surface area contributed by atoms with Crippen LogP contribution in [0.3, 0.4) is 0 Å². The number of hydrogen-bond donors (Lipinski definition) is 0. The Morgan fingerprint density at radius 1 is 1.64 bits per heavy atom. The van der Waals surface area contributed by atoms with Gasteiger partial charge in [0.25, 0.3) is 0 Å². The number of ether oxygens (including phenoxy) is 1. The second kappa shape index (κ2) is 2.13. The highest BCUT2D eigenvalue weighted by molar-refractivity contribution is 5.72. The zero-order valence-electron chi connectivity index (χ0n) is 6.80. The van der Waals surface area contributed by atoms with Crippen molar-refractivity contribution >= 4 is 6.09 Å². The topological polar surface area (TPSA) is 29.5 Å². The summed E-state index contributed by atoms with van der Waals surface area (Å²) in [5.41, 5.74) is 0.146. The Hall–Kier alpha value is -0.730. The fraction of sp³-hybridized carbons (Fsp3) is 0.875. The highest BCUT2D eigenvalue weighted by Crippen LogP contribution is 2.45. The number of carbonyl (C=O) groups is 1. The Kier molecular flexibility index (Phi) is 1.34. The van der Waals surface area contributed by atoms with Gasteiger partial charge in [0, 0.05) is 6.54 Å². The minimum Gasteiger partial charge on any atom is -0.447 e. The molecule has 3 heteroatoms. The van der Waals surface area contributed by atoms with Crippen LogP contribution in [0.5, 0.6) is 0 Å². The van der Waals surface area contributed by atoms with Crippen molar-refractivity contribution in [3.05, 3.63) is 0 Å². The van der Waals surface area contributed by atoms with E-state index in [4.69, 9.17) is 4.74 Å². The minimum absolute atomic E-state index is 0.107. The SMILES string of the molecule is CCCN1C(=O)OCC12CC2. The number of carbonyl (C=O) groups excluding carboxylic acids is 1. The van der Waals surface area contributed by atoms with Gasteiger partial charge < -0.3 is 4.74 Å². The maximum absolute atomic E-state index is 11.1. The van der Waals surface area contributed by atoms with Gasteiger partial charge in [-0.1, -0.05) is 6.92 Å². The standard InChI is InChI=1S/C8H13NO2/c1-2-5-9-7(10)11-6-8(9)3-4-8/h2-6H2,1H3. The fourth-order valence-electron chi connectivity index (χ4n) is 1.66. The van der Waals surface area contributed by atoms with E-state index in [0.717, 1.165) is 25.8 Å². The molecule has 0 radical (unpaired) electrons. The number of hydrogen-bond acceptors (Lipinski definition) is 2. The average Bonchev–Trinajstić information content (AvgIpc) is 2.70. The van der Waals surface area contributed by atoms with Gasteiger partial charge in [0.15, 0.2) is 0 Å². The van der Waals surface area contributed by atoms with Crippen molar-refractivity contribution in [3.8, 4) is 0 Å². The van der Waals surface area contributed by atoms with Crippen molar-refractivity contribution < 1.29 is 9.53 Å². The molecule has 1 aliphatic carbocycles. The van der Waals surface area contributed by atoms with E-state index in [1.807, 2.05) is 4.90 Å². The Morgan fingerprint density at radius 2 is 2.36 bits per heavy atom. The lowest BCUT2D eigenvalue weighted by Crippen LogP contribution is -2.35. The van der Waals surface area contributed by atoms with Crippen LogP contribution in [-0.2, 0) is 4.74 Å². The molecule has 0 aromatic carbocycles. The molecule has 0 aromatic heterocycles. The molecule has 1 saturated heterocycles. The highest BCUT2D eigenvalue weighted by atomic mass is 16.6. The third-order valence-electron chi connectivity index (χ3n) is 2.53. The molecule has 0 atom stereocenters. The molecule has 0 unspecified atom stereocenters. The molecular formula is C8H13NO2. The van der Waals surface area contributed by atoms with Crippen LogP contribution >= 0.6 is 0 Å². The molecule has 1 aliphatic heterocycles. The number of cyclic esters (lactones) is 1. The lowest BCUT2D eigenvalue weighted by molar-refractivity contribution is 0.157. The predicted molar refractivity (Wildman–Crippen MR) is 40.3 cm³/mol. The van der Waals surface area contributed by atoms with Gasteiger partial charge in [-0.25, -0.2) is 4.79 Å². The molecule has 1 amide bonds. The second-order valence-electron chi connectivity index (χ2n) is 3.43. The summed E-state index contributed by atoms with van der Waals surface area (Å²) in [6, 6.07) is 0. The number of amides is 1. The average molecular weight is 155 g/mol. The summed E-state index contributed by atoms with van der Waals surface area (Å²) in [6.07, 6.45) is 3.19. The maximum atomic E-state index is 11.1. The van der Waals surface area contributed by atoms with Crippen molar-refractivity contribution in [2.24, 2.45) is 0 Å². The van der Waals surface area contributed by atoms with Crippen LogP contribution in [0.2, 0.25) is 0 Å². The normalized spacial score (nSPS) is 25.9. The van der Waals surface area contributed by atoms with E-state index < -0.39 is 0 Å². The first-order chi connectivity index (χ1) is 5.28. The Labute approximate surface area is 66.3 Å². The molecule has 1 saturated carbocycles. The maximum Gasteiger partial charge on any atom is 0.410 e. The Bertz CT molecular complexity index is 187. The van der Waals surface area contributed by atoms with Gasteiger partial charge in [-0.05, 0) is 19.3 Å². The third-order valence-corrected chi connectivity index (χ3v) is 2.53. The van der Waals surface area contributed by atoms with Crippen LogP contribution < -0.4 is 0 Å². The summed E-state index contributed by atoms with van der Waals surface area (Å²) in [4.78, 5) is 13.0. The summed E-state index contributed by atoms with van der Waals surface area (Å²) in [5.74, 6) is 0. The zero-order chi connectivity index (χ0) is 7.90. The van der Waals surface area contributed by atoms with Crippen LogP contribution in [0.25, 0.3) is 0 Å². The molecule has 1 spiro atoms. The Morgan fingerprint density at radius 3 is 2.91 bits per heavy atom. The van der Waals surface area contributed by atoms with E-state index in [1.165, 1.54) is 0 Å². The molecule has 2 rings (SSSR count). The quantitative estimate of drug-likeness (QED) is 0.603. The molecule has 11 heavy (non-hydrogen) atoms. The van der Waals surface area contributed by atoms with E-state index in [1.54, 1.807) is 0 Å². The Balaban J connectivity index is 2.07. The van der Waals surface area contributed by atoms with Gasteiger partial charge >= 0.3 is 6.09 Å². The van der Waals surface area contributed by atoms with Crippen molar-refractivity contribution in [2.75, 3.05) is 13.2 Å². The molecule has 2 fully saturated rings. The summed E-state index contributed by atoms with van der Waals surface area (Å²) >= 11 is 0. The van der Waals surface area contributed by atoms with Gasteiger partial charge in [-0.3, -0.25) is 4.90 Å². The van der Waals surface area contributed by atoms with Crippen LogP contribution in [0, 0.1) is 0 Å². The lowest BCUT2D eigenvalue weighted by atomic mass is 10.2. The first kappa shape index (κ1) is 6.95. The van der Waals surface area contributed by atoms with E-state index in [0.29, 0.717) is 6.61 Å². The van der Waals surface area contributed by atoms with Gasteiger partial charge in [-0.2, -0.15) is 0 Å². The molecule has 0 aromatic rings. The first-order valence-corrected chi connectivity index (χ1v) is 4.23. The molecular weight excluding hydrogens is 142 g/mol. The molecule has 62 valence electrons. The lowest BCUT2D eigenvalue weighted by Gasteiger charge is -2.18. The molecule has 1 heterocycles. The third kappa shape index (κ3) is 0.905. The van der Waals surface area contributed by atoms with Crippen molar-refractivity contribution in [1.82, 2.24) is 4.90 Å². The van der Waals surface area contributed by atoms with Crippen molar-refractivity contribution in [3.63, 3.8) is 0 Å². The molecule has 0 N–H and O–H groups in total. The van der Waals surface area contributed by atoms with Crippen LogP contribution in [-0.4, -0.2) is 29.7 Å². The largest absolute Gasteiger partial charge is 0.447 e. The molecule has 3 nitrogen and oxygen atoms in total. The fourth-order valence-corrected chi connectivity index (χ4v) is 1.66. The molecule has 2 aliphatic rings. The van der Waals surface area contributed by atoms with Crippen LogP contribution in [0.4, 0.5) is 4.79 Å². The van der Waals surface area contributed by atoms with Crippen molar-refractivity contribution in [1.29, 1.82) is 0 Å². The smallest absolute Gasteiger partial charge is 0.410 e. The van der Waals surface area contributed by atoms with E-state index in [2.05, 4.69) is 6.92 Å². The minimum atomic E-state index is -0.107. The summed E-state index contributed by atoms with van der Waals surface area (Å²) in [6.45, 7) is 3.58. The monoisotopic (exact) mass is 155 g/mol. The van der Waals surface area contributed by atoms with Gasteiger partial charge in [0.2, 0.25) is 0 Å². The van der Waals surface area contributed by atoms with E-state index >= 15 is 0 Å². The van der Waals surface area contributed by atoms with Gasteiger partial charge in [0.1, 0.15) is 6.61 Å². The van der Waals surface area contributed by atoms with E-state index in [-0.39, 0.29) is 11.6 Å². The summed E-state index contributed by atoms with van der Waals surface area (Å²) < 4.78 is 4.98. The summed E-state index contributed by atoms with van der Waals surface area (Å²) in [5, 5.41) is 0. The predicted octanol–water partition coefficient (Wildman–Crippen LogP) is 1.38. The second-order valence-corrected chi connectivity index (χ2v) is 3.43. The van der Waals surface area contributed by atoms with Gasteiger partial charge in [-0.15, -0.1) is 0 Å². The van der Waals surface area contributed by atoms with Gasteiger partial charge in [0.05, 0.1) is 5.54 Å². The van der Waals surface area contributed by atoms with Crippen LogP contribution in [0.15, 0.2) is 0 Å². The summed E-state index contributed by atoms with van der Waals surface area (Å²) in [7, 11) is 0. The molecule has 0 bridgehead atoms. The highest BCUT2D eigenvalue weighted by Gasteiger charge is 2.55. The van der Waals surface area contributed by atoms with Crippen LogP contribution in [0.1, 0.15) is 26.2 Å². The van der Waals surface area contributed by atoms with E-state index in [9.17, 15) is 4.79 Å². The van der Waals surface area contributed by atoms with Crippen molar-refractivity contribution in [2.45, 2.75) is 31.7 Å².